The number of aromatic amines is 4. The zero-order chi connectivity index (χ0) is 39.9. The number of rotatable bonds is 12. The molecule has 6 N–H and O–H groups in total. The maximum Gasteiger partial charge on any atom is 0.227 e. The van der Waals surface area contributed by atoms with Gasteiger partial charge in [0, 0.05) is 74.2 Å². The van der Waals surface area contributed by atoms with Crippen molar-refractivity contribution >= 4 is 57.2 Å². The van der Waals surface area contributed by atoms with Gasteiger partial charge in [-0.2, -0.15) is 20.2 Å². The van der Waals surface area contributed by atoms with Gasteiger partial charge in [0.05, 0.1) is 45.5 Å². The quantitative estimate of drug-likeness (QED) is 0.0708. The second-order valence-electron chi connectivity index (χ2n) is 14.7. The molecule has 0 bridgehead atoms. The van der Waals surface area contributed by atoms with Gasteiger partial charge in [-0.25, -0.2) is 28.7 Å². The standard InChI is InChI=1S/2C20H21FN8/c2*1-11(14-3-4-15-16(24-14)5-7-22-15)29(2)20-23-8-6-18(26-20)25-19-10-17(27-28-19)12-9-13(12)21/h2*3-8,10-13,22H,9H2,1-2H3,(H2,23,25,26,27,28)/t11-,12+,13+;11-,12-,13-/m10/s1. The van der Waals surface area contributed by atoms with Crippen LogP contribution in [0.25, 0.3) is 22.1 Å². The van der Waals surface area contributed by atoms with Crippen molar-refractivity contribution in [3.63, 3.8) is 0 Å². The lowest BCUT2D eigenvalue weighted by atomic mass is 10.2. The summed E-state index contributed by atoms with van der Waals surface area (Å²) in [5.41, 5.74) is 7.37. The van der Waals surface area contributed by atoms with E-state index in [9.17, 15) is 8.78 Å². The summed E-state index contributed by atoms with van der Waals surface area (Å²) >= 11 is 0. The topological polar surface area (TPSA) is 197 Å². The molecule has 8 aromatic rings. The molecule has 2 aliphatic rings. The molecule has 0 saturated heterocycles. The Morgan fingerprint density at radius 2 is 1.03 bits per heavy atom. The first-order chi connectivity index (χ1) is 28.2. The minimum Gasteiger partial charge on any atom is -0.360 e. The summed E-state index contributed by atoms with van der Waals surface area (Å²) in [4.78, 5) is 37.7. The second-order valence-corrected chi connectivity index (χ2v) is 14.7. The molecular formula is C40H42F2N16. The van der Waals surface area contributed by atoms with Crippen LogP contribution >= 0.6 is 0 Å². The van der Waals surface area contributed by atoms with Gasteiger partial charge in [0.15, 0.2) is 11.6 Å². The highest BCUT2D eigenvalue weighted by molar-refractivity contribution is 5.75. The van der Waals surface area contributed by atoms with Crippen LogP contribution in [-0.2, 0) is 0 Å². The smallest absolute Gasteiger partial charge is 0.227 e. The summed E-state index contributed by atoms with van der Waals surface area (Å²) in [6.07, 6.45) is 6.75. The van der Waals surface area contributed by atoms with Crippen LogP contribution in [0.1, 0.15) is 73.4 Å². The van der Waals surface area contributed by atoms with Crippen LogP contribution in [0.3, 0.4) is 0 Å². The third-order valence-electron chi connectivity index (χ3n) is 10.7. The van der Waals surface area contributed by atoms with Gasteiger partial charge in [0.1, 0.15) is 24.0 Å². The van der Waals surface area contributed by atoms with E-state index in [4.69, 9.17) is 9.97 Å². The zero-order valence-corrected chi connectivity index (χ0v) is 32.2. The van der Waals surface area contributed by atoms with Crippen molar-refractivity contribution in [2.24, 2.45) is 0 Å². The van der Waals surface area contributed by atoms with E-state index in [0.717, 1.165) is 44.8 Å². The van der Waals surface area contributed by atoms with Crippen LogP contribution in [0.2, 0.25) is 0 Å². The summed E-state index contributed by atoms with van der Waals surface area (Å²) in [5.74, 6) is 3.48. The third-order valence-corrected chi connectivity index (χ3v) is 10.7. The van der Waals surface area contributed by atoms with Gasteiger partial charge >= 0.3 is 0 Å². The Hall–Kier alpha value is -6.98. The van der Waals surface area contributed by atoms with Gasteiger partial charge in [0.2, 0.25) is 11.9 Å². The molecule has 8 heterocycles. The largest absolute Gasteiger partial charge is 0.360 e. The van der Waals surface area contributed by atoms with Crippen molar-refractivity contribution in [1.29, 1.82) is 0 Å². The molecule has 0 spiro atoms. The van der Waals surface area contributed by atoms with Crippen molar-refractivity contribution < 1.29 is 8.78 Å². The maximum absolute atomic E-state index is 13.2. The molecule has 6 atom stereocenters. The summed E-state index contributed by atoms with van der Waals surface area (Å²) < 4.78 is 26.4. The molecule has 8 aromatic heterocycles. The molecule has 0 aliphatic heterocycles. The molecule has 0 aromatic carbocycles. The fourth-order valence-electron chi connectivity index (χ4n) is 6.70. The van der Waals surface area contributed by atoms with Crippen LogP contribution in [0, 0.1) is 0 Å². The van der Waals surface area contributed by atoms with Crippen molar-refractivity contribution in [2.75, 3.05) is 34.5 Å². The number of aromatic nitrogens is 12. The molecule has 2 saturated carbocycles. The van der Waals surface area contributed by atoms with Gasteiger partial charge in [-0.15, -0.1) is 0 Å². The number of nitrogens with one attached hydrogen (secondary N) is 6. The molecule has 2 fully saturated rings. The number of anilines is 6. The van der Waals surface area contributed by atoms with E-state index in [2.05, 4.69) is 74.8 Å². The third kappa shape index (κ3) is 7.72. The summed E-state index contributed by atoms with van der Waals surface area (Å²) in [5, 5.41) is 20.5. The van der Waals surface area contributed by atoms with Crippen LogP contribution in [0.5, 0.6) is 0 Å². The first kappa shape index (κ1) is 36.6. The van der Waals surface area contributed by atoms with Crippen LogP contribution in [-0.4, -0.2) is 86.7 Å². The number of pyridine rings is 2. The number of halogens is 2. The first-order valence-electron chi connectivity index (χ1n) is 19.1. The lowest BCUT2D eigenvalue weighted by Crippen LogP contribution is -2.24. The summed E-state index contributed by atoms with van der Waals surface area (Å²) in [6.45, 7) is 4.13. The lowest BCUT2D eigenvalue weighted by Gasteiger charge is -2.24. The minimum absolute atomic E-state index is 0.0158. The fraction of sp³-hybridized carbons (Fsp3) is 0.300. The van der Waals surface area contributed by atoms with E-state index in [1.807, 2.05) is 84.8 Å². The summed E-state index contributed by atoms with van der Waals surface area (Å²) in [6, 6.07) is 19.1. The second kappa shape index (κ2) is 15.2. The number of alkyl halides is 2. The Bertz CT molecular complexity index is 2490. The molecule has 0 radical (unpaired) electrons. The highest BCUT2D eigenvalue weighted by Gasteiger charge is 2.41. The van der Waals surface area contributed by atoms with E-state index in [1.54, 1.807) is 24.5 Å². The van der Waals surface area contributed by atoms with E-state index in [1.165, 1.54) is 0 Å². The fourth-order valence-corrected chi connectivity index (χ4v) is 6.70. The lowest BCUT2D eigenvalue weighted by molar-refractivity contribution is 0.466. The molecular weight excluding hydrogens is 743 g/mol. The highest BCUT2D eigenvalue weighted by atomic mass is 19.1. The monoisotopic (exact) mass is 784 g/mol. The van der Waals surface area contributed by atoms with Crippen LogP contribution in [0.4, 0.5) is 43.9 Å². The molecule has 296 valence electrons. The summed E-state index contributed by atoms with van der Waals surface area (Å²) in [7, 11) is 3.88. The van der Waals surface area contributed by atoms with Gasteiger partial charge in [0.25, 0.3) is 0 Å². The number of hydrogen-bond donors (Lipinski definition) is 6. The minimum atomic E-state index is -0.761. The molecule has 16 nitrogen and oxygen atoms in total. The number of fused-ring (bicyclic) bond motifs is 2. The zero-order valence-electron chi connectivity index (χ0n) is 32.2. The Balaban J connectivity index is 0.000000150. The molecule has 18 heteroatoms. The van der Waals surface area contributed by atoms with E-state index in [0.29, 0.717) is 48.0 Å². The molecule has 0 amide bonds. The van der Waals surface area contributed by atoms with Crippen molar-refractivity contribution in [1.82, 2.24) is 60.3 Å². The Kier molecular flexibility index (Phi) is 9.58. The first-order valence-corrected chi connectivity index (χ1v) is 19.1. The number of H-pyrrole nitrogens is 4. The van der Waals surface area contributed by atoms with E-state index >= 15 is 0 Å². The maximum atomic E-state index is 13.2. The van der Waals surface area contributed by atoms with Crippen LogP contribution in [0.15, 0.2) is 85.5 Å². The van der Waals surface area contributed by atoms with Gasteiger partial charge in [-0.05, 0) is 75.2 Å². The van der Waals surface area contributed by atoms with Crippen molar-refractivity contribution in [3.05, 3.63) is 108 Å². The van der Waals surface area contributed by atoms with Gasteiger partial charge < -0.3 is 30.4 Å². The van der Waals surface area contributed by atoms with E-state index < -0.39 is 12.3 Å². The highest BCUT2D eigenvalue weighted by Crippen LogP contribution is 2.44. The Morgan fingerprint density at radius 3 is 1.45 bits per heavy atom. The van der Waals surface area contributed by atoms with Crippen molar-refractivity contribution in [2.45, 2.75) is 63.0 Å². The van der Waals surface area contributed by atoms with E-state index in [-0.39, 0.29) is 23.9 Å². The molecule has 2 aliphatic carbocycles. The molecule has 0 unspecified atom stereocenters. The average Bonchev–Trinajstić information content (AvgIpc) is 3.73. The van der Waals surface area contributed by atoms with Gasteiger partial charge in [-0.3, -0.25) is 10.2 Å². The molecule has 10 rings (SSSR count). The van der Waals surface area contributed by atoms with Crippen molar-refractivity contribution in [3.8, 4) is 0 Å². The Labute approximate surface area is 331 Å². The predicted octanol–water partition coefficient (Wildman–Crippen LogP) is 7.68. The number of hydrogen-bond acceptors (Lipinski definition) is 12. The van der Waals surface area contributed by atoms with Gasteiger partial charge in [-0.1, -0.05) is 0 Å². The number of nitrogens with zero attached hydrogens (tertiary/aromatic N) is 10. The normalized spacial score (nSPS) is 19.3. The SMILES string of the molecule is C[C@@H](c1ccc2[nH]ccc2n1)N(C)c1nccc(Nc2cc([C@H]3C[C@@H]3F)[nH]n2)n1.C[C@H](c1ccc2[nH]ccc2n1)N(C)c1nccc(Nc2cc([C@H]3C[C@@H]3F)[nH]n2)n1. The average molecular weight is 785 g/mol. The predicted molar refractivity (Wildman–Crippen MR) is 218 cm³/mol. The van der Waals surface area contributed by atoms with Crippen LogP contribution < -0.4 is 20.4 Å². The molecule has 58 heavy (non-hydrogen) atoms. The Morgan fingerprint density at radius 1 is 0.603 bits per heavy atom.